The van der Waals surface area contributed by atoms with E-state index < -0.39 is 21.3 Å². The van der Waals surface area contributed by atoms with E-state index in [2.05, 4.69) is 9.71 Å². The van der Waals surface area contributed by atoms with Crippen LogP contribution in [0.25, 0.3) is 10.8 Å². The molecule has 0 aliphatic heterocycles. The number of hydrogen-bond acceptors (Lipinski definition) is 6. The van der Waals surface area contributed by atoms with Gasteiger partial charge in [-0.1, -0.05) is 29.8 Å². The van der Waals surface area contributed by atoms with Gasteiger partial charge in [0.05, 0.1) is 10.9 Å². The quantitative estimate of drug-likeness (QED) is 0.177. The third-order valence-corrected chi connectivity index (χ3v) is 5.53. The lowest BCUT2D eigenvalue weighted by molar-refractivity contribution is -0.113. The average Bonchev–Trinajstić information content (AvgIpc) is 2.64. The van der Waals surface area contributed by atoms with E-state index in [1.54, 1.807) is 12.1 Å². The highest BCUT2D eigenvalue weighted by Gasteiger charge is 2.24. The molecule has 0 unspecified atom stereocenters. The van der Waals surface area contributed by atoms with Crippen LogP contribution < -0.4 is 16.2 Å². The Bertz CT molecular complexity index is 991. The summed E-state index contributed by atoms with van der Waals surface area (Å²) in [7, 11) is -3.90. The van der Waals surface area contributed by atoms with Crippen LogP contribution in [0.4, 0.5) is 0 Å². The third kappa shape index (κ3) is 8.21. The van der Waals surface area contributed by atoms with Crippen LogP contribution in [0.5, 0.6) is 0 Å². The minimum atomic E-state index is -3.90. The summed E-state index contributed by atoms with van der Waals surface area (Å²) in [6.45, 7) is 2.21. The van der Waals surface area contributed by atoms with E-state index in [1.165, 1.54) is 6.07 Å². The maximum Gasteiger partial charge on any atom is 0.241 e. The number of aryl methyl sites for hydroxylation is 1. The van der Waals surface area contributed by atoms with Gasteiger partial charge in [0.15, 0.2) is 5.96 Å². The molecule has 9 nitrogen and oxygen atoms in total. The van der Waals surface area contributed by atoms with Gasteiger partial charge in [0.2, 0.25) is 15.3 Å². The smallest absolute Gasteiger partial charge is 0.241 e. The zero-order valence-corrected chi connectivity index (χ0v) is 18.0. The molecule has 0 saturated heterocycles. The summed E-state index contributed by atoms with van der Waals surface area (Å²) < 4.78 is 27.6. The topological polar surface area (TPSA) is 175 Å². The molecule has 0 aromatic heterocycles. The second-order valence-corrected chi connectivity index (χ2v) is 8.03. The molecule has 2 aromatic rings. The molecule has 0 fully saturated rings. The lowest BCUT2D eigenvalue weighted by atomic mass is 10.1. The van der Waals surface area contributed by atoms with Gasteiger partial charge in [-0.3, -0.25) is 9.79 Å². The van der Waals surface area contributed by atoms with E-state index in [0.717, 1.165) is 16.3 Å². The van der Waals surface area contributed by atoms with Gasteiger partial charge in [0, 0.05) is 17.3 Å². The van der Waals surface area contributed by atoms with Gasteiger partial charge in [-0.15, -0.1) is 12.4 Å². The minimum absolute atomic E-state index is 0. The molecule has 1 atom stereocenters. The van der Waals surface area contributed by atoms with Gasteiger partial charge in [0.1, 0.15) is 0 Å². The first kappa shape index (κ1) is 26.6. The summed E-state index contributed by atoms with van der Waals surface area (Å²) in [5, 5.41) is 12.9. The number of nitrogens with zero attached hydrogens (tertiary/aromatic N) is 3. The predicted octanol–water partition coefficient (Wildman–Crippen LogP) is 2.07. The van der Waals surface area contributed by atoms with E-state index in [4.69, 9.17) is 33.9 Å². The number of sulfonamides is 1. The van der Waals surface area contributed by atoms with Crippen LogP contribution in [0.15, 0.2) is 46.3 Å². The van der Waals surface area contributed by atoms with E-state index in [0.29, 0.717) is 6.42 Å². The Morgan fingerprint density at radius 1 is 1.17 bits per heavy atom. The molecule has 0 heterocycles. The van der Waals surface area contributed by atoms with Crippen molar-refractivity contribution in [1.82, 2.24) is 4.72 Å². The van der Waals surface area contributed by atoms with Crippen LogP contribution in [0, 0.1) is 17.7 Å². The van der Waals surface area contributed by atoms with E-state index in [1.807, 2.05) is 25.1 Å². The second kappa shape index (κ2) is 12.2. The van der Waals surface area contributed by atoms with Crippen molar-refractivity contribution in [1.29, 1.82) is 10.8 Å². The van der Waals surface area contributed by atoms with Gasteiger partial charge in [0.25, 0.3) is 0 Å². The Balaban J connectivity index is 0.00000253. The summed E-state index contributed by atoms with van der Waals surface area (Å²) in [6, 6.07) is 9.50. The number of nitrogens with one attached hydrogen (secondary N) is 1. The summed E-state index contributed by atoms with van der Waals surface area (Å²) in [5.74, 6) is -0.0641. The fourth-order valence-electron chi connectivity index (χ4n) is 2.49. The van der Waals surface area contributed by atoms with Crippen molar-refractivity contribution in [2.45, 2.75) is 30.7 Å². The summed E-state index contributed by atoms with van der Waals surface area (Å²) in [6.07, 6.45) is 0.589. The van der Waals surface area contributed by atoms with E-state index >= 15 is 0 Å². The van der Waals surface area contributed by atoms with Gasteiger partial charge < -0.3 is 11.5 Å². The maximum absolute atomic E-state index is 12.6. The lowest BCUT2D eigenvalue weighted by Crippen LogP contribution is -2.39. The molecule has 0 spiro atoms. The molecule has 2 rings (SSSR count). The summed E-state index contributed by atoms with van der Waals surface area (Å²) in [5.41, 5.74) is 11.5. The SMILES string of the molecule is Cc1ccc2ccc(S(=O)(=O)N[C@@H](CCCN=C(N)N)C(=O)Cl)cc2c1.Cl.N#N. The molecule has 0 aliphatic carbocycles. The van der Waals surface area contributed by atoms with Crippen molar-refractivity contribution in [2.24, 2.45) is 16.5 Å². The molecule has 0 bridgehead atoms. The van der Waals surface area contributed by atoms with Crippen molar-refractivity contribution in [2.75, 3.05) is 6.54 Å². The fraction of sp³-hybridized carbons (Fsp3) is 0.294. The van der Waals surface area contributed by atoms with Crippen molar-refractivity contribution in [3.8, 4) is 0 Å². The van der Waals surface area contributed by atoms with Crippen LogP contribution in [0.3, 0.4) is 0 Å². The number of aliphatic imine (C=N–C) groups is 1. The molecule has 0 radical (unpaired) electrons. The van der Waals surface area contributed by atoms with Crippen molar-refractivity contribution < 1.29 is 13.2 Å². The fourth-order valence-corrected chi connectivity index (χ4v) is 3.98. The molecule has 0 amide bonds. The van der Waals surface area contributed by atoms with Crippen LogP contribution in [0.2, 0.25) is 0 Å². The number of halogens is 2. The number of carbonyl (C=O) groups is 1. The molecule has 5 N–H and O–H groups in total. The standard InChI is InChI=1S/C17H21ClN4O3S.ClH.N2/c1-11-4-5-12-6-7-14(10-13(12)9-11)26(24,25)22-15(16(18)23)3-2-8-21-17(19)20;;1-2/h4-7,9-10,15,22H,2-3,8H2,1H3,(H4,19,20,21);1H;/t15-;;/m0../s1. The number of rotatable bonds is 8. The Hall–Kier alpha value is -2.45. The second-order valence-electron chi connectivity index (χ2n) is 5.94. The van der Waals surface area contributed by atoms with E-state index in [-0.39, 0.29) is 36.2 Å². The number of nitrogens with two attached hydrogens (primary N) is 2. The Morgan fingerprint density at radius 2 is 1.79 bits per heavy atom. The normalized spacial score (nSPS) is 11.4. The highest BCUT2D eigenvalue weighted by molar-refractivity contribution is 7.89. The molecule has 2 aromatic carbocycles. The molecular weight excluding hydrogens is 439 g/mol. The molecule has 29 heavy (non-hydrogen) atoms. The first-order valence-corrected chi connectivity index (χ1v) is 10.0. The summed E-state index contributed by atoms with van der Waals surface area (Å²) in [4.78, 5) is 15.5. The predicted molar refractivity (Wildman–Crippen MR) is 114 cm³/mol. The van der Waals surface area contributed by atoms with Crippen molar-refractivity contribution in [3.05, 3.63) is 42.0 Å². The number of carbonyl (C=O) groups excluding carboxylic acids is 1. The minimum Gasteiger partial charge on any atom is -0.370 e. The third-order valence-electron chi connectivity index (χ3n) is 3.79. The lowest BCUT2D eigenvalue weighted by Gasteiger charge is -2.15. The van der Waals surface area contributed by atoms with Gasteiger partial charge in [-0.2, -0.15) is 4.72 Å². The molecule has 158 valence electrons. The zero-order chi connectivity index (χ0) is 21.3. The number of benzene rings is 2. The highest BCUT2D eigenvalue weighted by atomic mass is 35.5. The van der Waals surface area contributed by atoms with Crippen molar-refractivity contribution >= 4 is 56.0 Å². The zero-order valence-electron chi connectivity index (χ0n) is 15.6. The van der Waals surface area contributed by atoms with Crippen LogP contribution in [-0.2, 0) is 14.8 Å². The molecule has 0 aliphatic rings. The average molecular weight is 461 g/mol. The largest absolute Gasteiger partial charge is 0.370 e. The number of fused-ring (bicyclic) bond motifs is 1. The van der Waals surface area contributed by atoms with Gasteiger partial charge >= 0.3 is 0 Å². The Labute approximate surface area is 180 Å². The molecular formula is C17H22Cl2N6O3S. The van der Waals surface area contributed by atoms with Gasteiger partial charge in [-0.05, 0) is 54.3 Å². The Kier molecular flexibility index (Phi) is 11.2. The number of hydrogen-bond donors (Lipinski definition) is 3. The first-order chi connectivity index (χ1) is 13.2. The monoisotopic (exact) mass is 460 g/mol. The van der Waals surface area contributed by atoms with Crippen molar-refractivity contribution in [3.63, 3.8) is 0 Å². The Morgan fingerprint density at radius 3 is 2.38 bits per heavy atom. The highest BCUT2D eigenvalue weighted by Crippen LogP contribution is 2.21. The van der Waals surface area contributed by atoms with Crippen LogP contribution in [0.1, 0.15) is 18.4 Å². The van der Waals surface area contributed by atoms with Crippen LogP contribution >= 0.6 is 24.0 Å². The first-order valence-electron chi connectivity index (χ1n) is 8.16. The maximum atomic E-state index is 12.6. The molecule has 12 heteroatoms. The van der Waals surface area contributed by atoms with Gasteiger partial charge in [-0.25, -0.2) is 8.42 Å². The number of guanidine groups is 1. The molecule has 0 saturated carbocycles. The van der Waals surface area contributed by atoms with E-state index in [9.17, 15) is 13.2 Å². The summed E-state index contributed by atoms with van der Waals surface area (Å²) >= 11 is 5.54. The van der Waals surface area contributed by atoms with Crippen LogP contribution in [-0.4, -0.2) is 32.2 Å².